The molecule has 0 aliphatic rings. The molecule has 3 nitrogen and oxygen atoms in total. The fourth-order valence-corrected chi connectivity index (χ4v) is 1.23. The Morgan fingerprint density at radius 1 is 0.583 bits per heavy atom. The number of anilines is 3. The van der Waals surface area contributed by atoms with Crippen LogP contribution in [0.1, 0.15) is 16.7 Å². The van der Waals surface area contributed by atoms with Crippen molar-refractivity contribution in [3.63, 3.8) is 0 Å². The third kappa shape index (κ3) is 0.978. The Hall–Kier alpha value is -1.38. The lowest BCUT2D eigenvalue weighted by Gasteiger charge is -2.14. The highest BCUT2D eigenvalue weighted by Gasteiger charge is 2.10. The summed E-state index contributed by atoms with van der Waals surface area (Å²) in [6.07, 6.45) is 0. The topological polar surface area (TPSA) is 78.1 Å². The molecule has 0 spiro atoms. The van der Waals surface area contributed by atoms with Crippen molar-refractivity contribution in [2.45, 2.75) is 20.8 Å². The largest absolute Gasteiger partial charge is 0.398 e. The van der Waals surface area contributed by atoms with Crippen LogP contribution in [0, 0.1) is 20.8 Å². The van der Waals surface area contributed by atoms with E-state index in [1.165, 1.54) is 0 Å². The van der Waals surface area contributed by atoms with Gasteiger partial charge in [0, 0.05) is 5.69 Å². The van der Waals surface area contributed by atoms with E-state index in [0.717, 1.165) is 22.4 Å². The van der Waals surface area contributed by atoms with E-state index in [9.17, 15) is 0 Å². The van der Waals surface area contributed by atoms with Crippen molar-refractivity contribution in [2.24, 2.45) is 0 Å². The van der Waals surface area contributed by atoms with E-state index in [-0.39, 0.29) is 0 Å². The van der Waals surface area contributed by atoms with Crippen LogP contribution >= 0.6 is 0 Å². The van der Waals surface area contributed by atoms with E-state index >= 15 is 0 Å². The summed E-state index contributed by atoms with van der Waals surface area (Å²) < 4.78 is 0. The maximum absolute atomic E-state index is 5.82. The van der Waals surface area contributed by atoms with Crippen molar-refractivity contribution < 1.29 is 0 Å². The molecular weight excluding hydrogens is 150 g/mol. The monoisotopic (exact) mass is 165 g/mol. The summed E-state index contributed by atoms with van der Waals surface area (Å²) in [7, 11) is 0. The van der Waals surface area contributed by atoms with Crippen molar-refractivity contribution in [3.05, 3.63) is 16.7 Å². The summed E-state index contributed by atoms with van der Waals surface area (Å²) in [4.78, 5) is 0. The first-order valence-corrected chi connectivity index (χ1v) is 3.87. The number of hydrogen-bond acceptors (Lipinski definition) is 3. The maximum Gasteiger partial charge on any atom is 0.0601 e. The molecule has 6 N–H and O–H groups in total. The highest BCUT2D eigenvalue weighted by molar-refractivity contribution is 5.80. The molecule has 0 atom stereocenters. The summed E-state index contributed by atoms with van der Waals surface area (Å²) >= 11 is 0. The average molecular weight is 165 g/mol. The van der Waals surface area contributed by atoms with Crippen molar-refractivity contribution in [1.29, 1.82) is 0 Å². The zero-order chi connectivity index (χ0) is 9.46. The summed E-state index contributed by atoms with van der Waals surface area (Å²) in [6, 6.07) is 0. The lowest BCUT2D eigenvalue weighted by Crippen LogP contribution is -2.06. The van der Waals surface area contributed by atoms with Crippen LogP contribution in [0.25, 0.3) is 0 Å². The summed E-state index contributed by atoms with van der Waals surface area (Å²) in [5.74, 6) is 0. The molecule has 0 saturated heterocycles. The predicted octanol–water partition coefficient (Wildman–Crippen LogP) is 1.36. The molecule has 0 radical (unpaired) electrons. The van der Waals surface area contributed by atoms with Crippen molar-refractivity contribution in [2.75, 3.05) is 17.2 Å². The van der Waals surface area contributed by atoms with Gasteiger partial charge in [-0.1, -0.05) is 0 Å². The molecule has 0 amide bonds. The second-order valence-corrected chi connectivity index (χ2v) is 3.12. The Bertz CT molecular complexity index is 224. The zero-order valence-corrected chi connectivity index (χ0v) is 7.73. The van der Waals surface area contributed by atoms with Gasteiger partial charge in [-0.2, -0.15) is 0 Å². The lowest BCUT2D eigenvalue weighted by molar-refractivity contribution is 1.31. The number of hydrogen-bond donors (Lipinski definition) is 3. The molecule has 0 aliphatic carbocycles. The number of nitrogen functional groups attached to an aromatic ring is 3. The van der Waals surface area contributed by atoms with Crippen molar-refractivity contribution in [1.82, 2.24) is 0 Å². The van der Waals surface area contributed by atoms with Gasteiger partial charge in [0.05, 0.1) is 11.4 Å². The first-order valence-electron chi connectivity index (χ1n) is 3.87. The maximum atomic E-state index is 5.82. The fourth-order valence-electron chi connectivity index (χ4n) is 1.23. The molecule has 0 aliphatic heterocycles. The van der Waals surface area contributed by atoms with Gasteiger partial charge in [-0.15, -0.1) is 0 Å². The van der Waals surface area contributed by atoms with Gasteiger partial charge in [0.2, 0.25) is 0 Å². The quantitative estimate of drug-likeness (QED) is 0.508. The molecule has 1 aromatic carbocycles. The van der Waals surface area contributed by atoms with Gasteiger partial charge in [0.15, 0.2) is 0 Å². The van der Waals surface area contributed by atoms with Crippen LogP contribution in [-0.2, 0) is 0 Å². The van der Waals surface area contributed by atoms with Crippen LogP contribution in [0.2, 0.25) is 0 Å². The molecule has 0 heterocycles. The van der Waals surface area contributed by atoms with Gasteiger partial charge in [-0.25, -0.2) is 0 Å². The minimum Gasteiger partial charge on any atom is -0.398 e. The highest BCUT2D eigenvalue weighted by atomic mass is 14.7. The first kappa shape index (κ1) is 8.71. The molecule has 0 fully saturated rings. The summed E-state index contributed by atoms with van der Waals surface area (Å²) in [5.41, 5.74) is 22.2. The number of rotatable bonds is 0. The SMILES string of the molecule is Cc1c(C)c(N)c(N)c(C)c1N. The van der Waals surface area contributed by atoms with Crippen LogP contribution < -0.4 is 17.2 Å². The molecule has 1 aromatic rings. The third-order valence-electron chi connectivity index (χ3n) is 2.47. The molecule has 0 bridgehead atoms. The minimum absolute atomic E-state index is 0.607. The highest BCUT2D eigenvalue weighted by Crippen LogP contribution is 2.32. The van der Waals surface area contributed by atoms with Gasteiger partial charge in [0.1, 0.15) is 0 Å². The zero-order valence-electron chi connectivity index (χ0n) is 7.73. The summed E-state index contributed by atoms with van der Waals surface area (Å²) in [5, 5.41) is 0. The van der Waals surface area contributed by atoms with E-state index < -0.39 is 0 Å². The molecule has 0 saturated carbocycles. The van der Waals surface area contributed by atoms with Crippen LogP contribution in [0.15, 0.2) is 0 Å². The van der Waals surface area contributed by atoms with Gasteiger partial charge in [0.25, 0.3) is 0 Å². The Morgan fingerprint density at radius 2 is 0.917 bits per heavy atom. The van der Waals surface area contributed by atoms with Gasteiger partial charge < -0.3 is 17.2 Å². The Kier molecular flexibility index (Phi) is 1.88. The second kappa shape index (κ2) is 2.59. The van der Waals surface area contributed by atoms with Gasteiger partial charge >= 0.3 is 0 Å². The Balaban J connectivity index is 3.60. The van der Waals surface area contributed by atoms with Crippen LogP contribution in [-0.4, -0.2) is 0 Å². The van der Waals surface area contributed by atoms with E-state index in [2.05, 4.69) is 0 Å². The van der Waals surface area contributed by atoms with E-state index in [4.69, 9.17) is 17.2 Å². The minimum atomic E-state index is 0.607. The first-order chi connectivity index (χ1) is 5.46. The lowest BCUT2D eigenvalue weighted by atomic mass is 10.00. The predicted molar refractivity (Wildman–Crippen MR) is 53.9 cm³/mol. The molecular formula is C9H15N3. The van der Waals surface area contributed by atoms with Gasteiger partial charge in [-0.3, -0.25) is 0 Å². The fraction of sp³-hybridized carbons (Fsp3) is 0.333. The molecule has 3 heteroatoms. The molecule has 12 heavy (non-hydrogen) atoms. The van der Waals surface area contributed by atoms with Crippen molar-refractivity contribution in [3.8, 4) is 0 Å². The Labute approximate surface area is 72.5 Å². The van der Waals surface area contributed by atoms with Crippen LogP contribution in [0.5, 0.6) is 0 Å². The van der Waals surface area contributed by atoms with Crippen molar-refractivity contribution >= 4 is 17.1 Å². The van der Waals surface area contributed by atoms with Crippen LogP contribution in [0.3, 0.4) is 0 Å². The van der Waals surface area contributed by atoms with E-state index in [1.807, 2.05) is 20.8 Å². The molecule has 1 rings (SSSR count). The van der Waals surface area contributed by atoms with E-state index in [1.54, 1.807) is 0 Å². The van der Waals surface area contributed by atoms with Crippen LogP contribution in [0.4, 0.5) is 17.1 Å². The molecule has 0 unspecified atom stereocenters. The average Bonchev–Trinajstić information content (AvgIpc) is 2.08. The summed E-state index contributed by atoms with van der Waals surface area (Å²) in [6.45, 7) is 5.76. The molecule has 0 aromatic heterocycles. The standard InChI is InChI=1S/C9H15N3/c1-4-5(2)8(11)9(12)6(3)7(4)10/h10-12H2,1-3H3. The second-order valence-electron chi connectivity index (χ2n) is 3.12. The van der Waals surface area contributed by atoms with E-state index in [0.29, 0.717) is 11.4 Å². The number of nitrogens with two attached hydrogens (primary N) is 3. The Morgan fingerprint density at radius 3 is 1.42 bits per heavy atom. The smallest absolute Gasteiger partial charge is 0.0601 e. The third-order valence-corrected chi connectivity index (χ3v) is 2.47. The molecule has 66 valence electrons. The number of benzene rings is 1. The normalized spacial score (nSPS) is 10.2. The van der Waals surface area contributed by atoms with Gasteiger partial charge in [-0.05, 0) is 37.5 Å².